The van der Waals surface area contributed by atoms with E-state index in [0.29, 0.717) is 12.0 Å². The van der Waals surface area contributed by atoms with Crippen molar-refractivity contribution >= 4 is 0 Å². The summed E-state index contributed by atoms with van der Waals surface area (Å²) in [4.78, 5) is 0. The Morgan fingerprint density at radius 3 is 2.33 bits per heavy atom. The summed E-state index contributed by atoms with van der Waals surface area (Å²) in [6.45, 7) is 15.1. The van der Waals surface area contributed by atoms with Crippen LogP contribution < -0.4 is 10.1 Å². The molecule has 0 aliphatic rings. The number of rotatable bonds is 9. The van der Waals surface area contributed by atoms with Gasteiger partial charge in [-0.05, 0) is 61.8 Å². The molecule has 0 radical (unpaired) electrons. The summed E-state index contributed by atoms with van der Waals surface area (Å²) in [5, 5.41) is 3.53. The number of benzene rings is 1. The zero-order chi connectivity index (χ0) is 15.8. The van der Waals surface area contributed by atoms with E-state index >= 15 is 0 Å². The maximum absolute atomic E-state index is 5.84. The largest absolute Gasteiger partial charge is 0.492 e. The highest BCUT2D eigenvalue weighted by Crippen LogP contribution is 2.23. The van der Waals surface area contributed by atoms with Crippen molar-refractivity contribution < 1.29 is 4.74 Å². The van der Waals surface area contributed by atoms with Gasteiger partial charge in [0.05, 0.1) is 0 Å². The summed E-state index contributed by atoms with van der Waals surface area (Å²) in [7, 11) is 0. The van der Waals surface area contributed by atoms with Crippen molar-refractivity contribution in [1.82, 2.24) is 5.32 Å². The highest BCUT2D eigenvalue weighted by atomic mass is 16.5. The van der Waals surface area contributed by atoms with Crippen LogP contribution >= 0.6 is 0 Å². The number of ether oxygens (including phenoxy) is 1. The van der Waals surface area contributed by atoms with Gasteiger partial charge in [0, 0.05) is 12.6 Å². The van der Waals surface area contributed by atoms with Crippen molar-refractivity contribution in [2.45, 2.75) is 66.3 Å². The second-order valence-electron chi connectivity index (χ2n) is 6.85. The molecule has 0 fully saturated rings. The molecule has 0 saturated heterocycles. The molecule has 0 heterocycles. The lowest BCUT2D eigenvalue weighted by Gasteiger charge is -2.16. The average molecular weight is 291 g/mol. The molecule has 0 aromatic heterocycles. The van der Waals surface area contributed by atoms with Crippen molar-refractivity contribution in [2.24, 2.45) is 5.92 Å². The third kappa shape index (κ3) is 6.99. The molecule has 0 saturated carbocycles. The van der Waals surface area contributed by atoms with E-state index in [2.05, 4.69) is 65.1 Å². The minimum absolute atomic E-state index is 0.570. The maximum Gasteiger partial charge on any atom is 0.119 e. The summed E-state index contributed by atoms with van der Waals surface area (Å²) < 4.78 is 5.84. The Hall–Kier alpha value is -1.02. The summed E-state index contributed by atoms with van der Waals surface area (Å²) in [6.07, 6.45) is 2.52. The Labute approximate surface area is 131 Å². The Morgan fingerprint density at radius 2 is 1.76 bits per heavy atom. The Balaban J connectivity index is 2.28. The predicted octanol–water partition coefficient (Wildman–Crippen LogP) is 4.91. The fraction of sp³-hybridized carbons (Fsp3) is 0.684. The average Bonchev–Trinajstić information content (AvgIpc) is 2.41. The number of hydrogen-bond donors (Lipinski definition) is 1. The van der Waals surface area contributed by atoms with Gasteiger partial charge in [-0.1, -0.05) is 33.8 Å². The normalized spacial score (nSPS) is 13.0. The van der Waals surface area contributed by atoms with Gasteiger partial charge in [0.15, 0.2) is 0 Å². The molecular formula is C19H33NO. The van der Waals surface area contributed by atoms with Crippen LogP contribution in [0.15, 0.2) is 18.2 Å². The molecule has 0 bridgehead atoms. The lowest BCUT2D eigenvalue weighted by molar-refractivity contribution is 0.302. The first-order valence-corrected chi connectivity index (χ1v) is 8.36. The van der Waals surface area contributed by atoms with Gasteiger partial charge in [-0.3, -0.25) is 0 Å². The van der Waals surface area contributed by atoms with E-state index in [0.717, 1.165) is 24.8 Å². The second-order valence-corrected chi connectivity index (χ2v) is 6.85. The number of aryl methyl sites for hydroxylation is 1. The van der Waals surface area contributed by atoms with E-state index in [-0.39, 0.29) is 0 Å². The van der Waals surface area contributed by atoms with Crippen LogP contribution in [0.25, 0.3) is 0 Å². The van der Waals surface area contributed by atoms with E-state index in [1.807, 2.05) is 0 Å². The molecular weight excluding hydrogens is 258 g/mol. The van der Waals surface area contributed by atoms with E-state index in [1.165, 1.54) is 24.0 Å². The first-order chi connectivity index (χ1) is 9.90. The third-order valence-electron chi connectivity index (χ3n) is 3.90. The van der Waals surface area contributed by atoms with Crippen molar-refractivity contribution in [2.75, 3.05) is 13.2 Å². The van der Waals surface area contributed by atoms with Crippen molar-refractivity contribution in [3.8, 4) is 5.75 Å². The molecule has 1 rings (SSSR count). The molecule has 0 aliphatic heterocycles. The first kappa shape index (κ1) is 18.0. The van der Waals surface area contributed by atoms with Gasteiger partial charge in [0.2, 0.25) is 0 Å². The fourth-order valence-electron chi connectivity index (χ4n) is 2.55. The zero-order valence-corrected chi connectivity index (χ0v) is 14.7. The summed E-state index contributed by atoms with van der Waals surface area (Å²) in [5.41, 5.74) is 2.73. The molecule has 0 amide bonds. The lowest BCUT2D eigenvalue weighted by Crippen LogP contribution is -2.30. The van der Waals surface area contributed by atoms with Crippen LogP contribution in [-0.2, 0) is 0 Å². The topological polar surface area (TPSA) is 21.3 Å². The predicted molar refractivity (Wildman–Crippen MR) is 92.3 cm³/mol. The van der Waals surface area contributed by atoms with Crippen LogP contribution in [0.1, 0.15) is 64.5 Å². The monoisotopic (exact) mass is 291 g/mol. The van der Waals surface area contributed by atoms with E-state index < -0.39 is 0 Å². The molecule has 2 heteroatoms. The smallest absolute Gasteiger partial charge is 0.119 e. The van der Waals surface area contributed by atoms with Gasteiger partial charge in [-0.15, -0.1) is 0 Å². The van der Waals surface area contributed by atoms with Crippen LogP contribution in [-0.4, -0.2) is 19.2 Å². The Kier molecular flexibility index (Phi) is 7.81. The number of hydrogen-bond acceptors (Lipinski definition) is 2. The van der Waals surface area contributed by atoms with Gasteiger partial charge >= 0.3 is 0 Å². The van der Waals surface area contributed by atoms with Crippen molar-refractivity contribution in [3.05, 3.63) is 29.3 Å². The van der Waals surface area contributed by atoms with Crippen LogP contribution in [0.5, 0.6) is 5.75 Å². The molecule has 1 unspecified atom stereocenters. The molecule has 1 aromatic rings. The minimum Gasteiger partial charge on any atom is -0.492 e. The van der Waals surface area contributed by atoms with E-state index in [9.17, 15) is 0 Å². The van der Waals surface area contributed by atoms with Gasteiger partial charge in [-0.25, -0.2) is 0 Å². The molecule has 0 aliphatic carbocycles. The molecule has 1 atom stereocenters. The summed E-state index contributed by atoms with van der Waals surface area (Å²) >= 11 is 0. The highest BCUT2D eigenvalue weighted by molar-refractivity contribution is 5.36. The SMILES string of the molecule is Cc1cc(OCCNC(C)CCC(C)C)ccc1C(C)C. The van der Waals surface area contributed by atoms with Gasteiger partial charge in [0.25, 0.3) is 0 Å². The van der Waals surface area contributed by atoms with Gasteiger partial charge in [-0.2, -0.15) is 0 Å². The molecule has 1 aromatic carbocycles. The van der Waals surface area contributed by atoms with Gasteiger partial charge < -0.3 is 10.1 Å². The maximum atomic E-state index is 5.84. The van der Waals surface area contributed by atoms with E-state index in [1.54, 1.807) is 0 Å². The number of nitrogens with one attached hydrogen (secondary N) is 1. The summed E-state index contributed by atoms with van der Waals surface area (Å²) in [5.74, 6) is 2.34. The highest BCUT2D eigenvalue weighted by Gasteiger charge is 2.05. The van der Waals surface area contributed by atoms with Crippen LogP contribution in [0, 0.1) is 12.8 Å². The minimum atomic E-state index is 0.570. The Bertz CT molecular complexity index is 412. The zero-order valence-electron chi connectivity index (χ0n) is 14.7. The van der Waals surface area contributed by atoms with Crippen molar-refractivity contribution in [3.63, 3.8) is 0 Å². The quantitative estimate of drug-likeness (QED) is 0.653. The molecule has 1 N–H and O–H groups in total. The molecule has 0 spiro atoms. The van der Waals surface area contributed by atoms with Crippen LogP contribution in [0.4, 0.5) is 0 Å². The summed E-state index contributed by atoms with van der Waals surface area (Å²) in [6, 6.07) is 7.00. The fourth-order valence-corrected chi connectivity index (χ4v) is 2.55. The standard InChI is InChI=1S/C19H33NO/c1-14(2)7-8-17(6)20-11-12-21-18-9-10-19(15(3)4)16(5)13-18/h9-10,13-15,17,20H,7-8,11-12H2,1-6H3. The van der Waals surface area contributed by atoms with E-state index in [4.69, 9.17) is 4.74 Å². The Morgan fingerprint density at radius 1 is 1.05 bits per heavy atom. The lowest BCUT2D eigenvalue weighted by atomic mass is 9.98. The molecule has 21 heavy (non-hydrogen) atoms. The first-order valence-electron chi connectivity index (χ1n) is 8.36. The second kappa shape index (κ2) is 9.09. The van der Waals surface area contributed by atoms with Gasteiger partial charge in [0.1, 0.15) is 12.4 Å². The molecule has 2 nitrogen and oxygen atoms in total. The third-order valence-corrected chi connectivity index (χ3v) is 3.90. The van der Waals surface area contributed by atoms with Crippen molar-refractivity contribution in [1.29, 1.82) is 0 Å². The van der Waals surface area contributed by atoms with Crippen LogP contribution in [0.2, 0.25) is 0 Å². The van der Waals surface area contributed by atoms with Crippen LogP contribution in [0.3, 0.4) is 0 Å². The molecule has 120 valence electrons.